The molecule has 108 valence electrons. The summed E-state index contributed by atoms with van der Waals surface area (Å²) in [6.07, 6.45) is 0.672. The largest absolute Gasteiger partial charge is 0.508 e. The van der Waals surface area contributed by atoms with Crippen LogP contribution in [0.25, 0.3) is 0 Å². The molecule has 0 aromatic heterocycles. The van der Waals surface area contributed by atoms with Crippen LogP contribution in [0.3, 0.4) is 0 Å². The van der Waals surface area contributed by atoms with Gasteiger partial charge in [0, 0.05) is 39.2 Å². The molecule has 20 heavy (non-hydrogen) atoms. The molecule has 1 heterocycles. The minimum Gasteiger partial charge on any atom is -0.508 e. The first-order valence-electron chi connectivity index (χ1n) is 6.52. The molecule has 1 aromatic carbocycles. The molecule has 0 atom stereocenters. The van der Waals surface area contributed by atoms with Gasteiger partial charge in [-0.3, -0.25) is 9.59 Å². The second-order valence-corrected chi connectivity index (χ2v) is 4.82. The average Bonchev–Trinajstić information content (AvgIpc) is 2.63. The maximum Gasteiger partial charge on any atom is 0.256 e. The molecule has 1 N–H and O–H groups in total. The highest BCUT2D eigenvalue weighted by Gasteiger charge is 2.23. The Labute approximate surface area is 116 Å². The third-order valence-electron chi connectivity index (χ3n) is 3.41. The monoisotopic (exact) mass is 280 g/mol. The molecular formula is C14H17FN2O3. The van der Waals surface area contributed by atoms with Crippen molar-refractivity contribution in [1.29, 1.82) is 0 Å². The predicted molar refractivity (Wildman–Crippen MR) is 70.8 cm³/mol. The van der Waals surface area contributed by atoms with Gasteiger partial charge in [0.15, 0.2) is 0 Å². The summed E-state index contributed by atoms with van der Waals surface area (Å²) in [6.45, 7) is 3.44. The molecule has 6 heteroatoms. The fourth-order valence-corrected chi connectivity index (χ4v) is 2.28. The maximum absolute atomic E-state index is 13.7. The molecule has 2 rings (SSSR count). The molecule has 0 bridgehead atoms. The zero-order valence-electron chi connectivity index (χ0n) is 11.3. The molecule has 0 unspecified atom stereocenters. The summed E-state index contributed by atoms with van der Waals surface area (Å²) in [7, 11) is 0. The van der Waals surface area contributed by atoms with Crippen LogP contribution in [0.2, 0.25) is 0 Å². The number of phenolic OH excluding ortho intramolecular Hbond substituents is 1. The molecule has 0 aliphatic carbocycles. The Balaban J connectivity index is 2.11. The first-order chi connectivity index (χ1) is 9.49. The molecule has 0 spiro atoms. The van der Waals surface area contributed by atoms with Crippen LogP contribution in [0.5, 0.6) is 5.75 Å². The quantitative estimate of drug-likeness (QED) is 0.841. The summed E-state index contributed by atoms with van der Waals surface area (Å²) >= 11 is 0. The van der Waals surface area contributed by atoms with Crippen LogP contribution in [0, 0.1) is 5.82 Å². The molecular weight excluding hydrogens is 263 g/mol. The summed E-state index contributed by atoms with van der Waals surface area (Å²) < 4.78 is 13.7. The first-order valence-corrected chi connectivity index (χ1v) is 6.52. The van der Waals surface area contributed by atoms with Crippen LogP contribution in [-0.2, 0) is 4.79 Å². The highest BCUT2D eigenvalue weighted by atomic mass is 19.1. The second kappa shape index (κ2) is 5.90. The van der Waals surface area contributed by atoms with Gasteiger partial charge in [0.05, 0.1) is 5.56 Å². The van der Waals surface area contributed by atoms with Gasteiger partial charge in [0.1, 0.15) is 11.6 Å². The highest BCUT2D eigenvalue weighted by Crippen LogP contribution is 2.17. The van der Waals surface area contributed by atoms with Crippen LogP contribution in [-0.4, -0.2) is 52.9 Å². The molecule has 1 saturated heterocycles. The van der Waals surface area contributed by atoms with Crippen LogP contribution in [0.4, 0.5) is 4.39 Å². The number of hydrogen-bond acceptors (Lipinski definition) is 3. The van der Waals surface area contributed by atoms with E-state index >= 15 is 0 Å². The number of hydrogen-bond donors (Lipinski definition) is 1. The van der Waals surface area contributed by atoms with Crippen molar-refractivity contribution in [3.8, 4) is 5.75 Å². The minimum absolute atomic E-state index is 0.0184. The van der Waals surface area contributed by atoms with E-state index < -0.39 is 11.7 Å². The Bertz CT molecular complexity index is 533. The molecule has 1 fully saturated rings. The van der Waals surface area contributed by atoms with Crippen LogP contribution >= 0.6 is 0 Å². The Morgan fingerprint density at radius 2 is 1.80 bits per heavy atom. The zero-order valence-corrected chi connectivity index (χ0v) is 11.3. The van der Waals surface area contributed by atoms with E-state index in [1.165, 1.54) is 19.1 Å². The van der Waals surface area contributed by atoms with E-state index in [1.54, 1.807) is 9.80 Å². The SMILES string of the molecule is CC(=O)N1CCCN(C(=O)c2ccc(O)cc2F)CC1. The van der Waals surface area contributed by atoms with E-state index in [-0.39, 0.29) is 17.2 Å². The van der Waals surface area contributed by atoms with Crippen LogP contribution in [0.1, 0.15) is 23.7 Å². The standard InChI is InChI=1S/C14H17FN2O3/c1-10(18)16-5-2-6-17(8-7-16)14(20)12-4-3-11(19)9-13(12)15/h3-4,9,19H,2,5-8H2,1H3. The fourth-order valence-electron chi connectivity index (χ4n) is 2.28. The van der Waals surface area contributed by atoms with Gasteiger partial charge in [0.2, 0.25) is 5.91 Å². The van der Waals surface area contributed by atoms with E-state index in [0.29, 0.717) is 32.6 Å². The summed E-state index contributed by atoms with van der Waals surface area (Å²) in [5, 5.41) is 9.16. The number of phenols is 1. The number of halogens is 1. The first kappa shape index (κ1) is 14.3. The van der Waals surface area contributed by atoms with Crippen molar-refractivity contribution >= 4 is 11.8 Å². The summed E-state index contributed by atoms with van der Waals surface area (Å²) in [5.74, 6) is -1.37. The van der Waals surface area contributed by atoms with Crippen molar-refractivity contribution in [2.24, 2.45) is 0 Å². The molecule has 1 aliphatic rings. The number of benzene rings is 1. The lowest BCUT2D eigenvalue weighted by Gasteiger charge is -2.21. The van der Waals surface area contributed by atoms with E-state index in [1.807, 2.05) is 0 Å². The second-order valence-electron chi connectivity index (χ2n) is 4.82. The Kier molecular flexibility index (Phi) is 4.22. The number of carbonyl (C=O) groups excluding carboxylic acids is 2. The maximum atomic E-state index is 13.7. The van der Waals surface area contributed by atoms with E-state index in [4.69, 9.17) is 5.11 Å². The summed E-state index contributed by atoms with van der Waals surface area (Å²) in [4.78, 5) is 26.8. The average molecular weight is 280 g/mol. The van der Waals surface area contributed by atoms with E-state index in [9.17, 15) is 14.0 Å². The minimum atomic E-state index is -0.734. The zero-order chi connectivity index (χ0) is 14.7. The summed E-state index contributed by atoms with van der Waals surface area (Å²) in [6, 6.07) is 3.49. The van der Waals surface area contributed by atoms with Crippen molar-refractivity contribution in [3.05, 3.63) is 29.6 Å². The number of nitrogens with zero attached hydrogens (tertiary/aromatic N) is 2. The predicted octanol–water partition coefficient (Wildman–Crippen LogP) is 1.23. The molecule has 2 amide bonds. The molecule has 1 aliphatic heterocycles. The normalized spacial score (nSPS) is 15.9. The smallest absolute Gasteiger partial charge is 0.256 e. The number of amides is 2. The Morgan fingerprint density at radius 1 is 1.15 bits per heavy atom. The van der Waals surface area contributed by atoms with E-state index in [0.717, 1.165) is 6.07 Å². The molecule has 0 radical (unpaired) electrons. The van der Waals surface area contributed by atoms with Crippen LogP contribution in [0.15, 0.2) is 18.2 Å². The third-order valence-corrected chi connectivity index (χ3v) is 3.41. The Hall–Kier alpha value is -2.11. The van der Waals surface area contributed by atoms with Gasteiger partial charge in [-0.1, -0.05) is 0 Å². The lowest BCUT2D eigenvalue weighted by Crippen LogP contribution is -2.36. The van der Waals surface area contributed by atoms with Gasteiger partial charge in [0.25, 0.3) is 5.91 Å². The molecule has 1 aromatic rings. The topological polar surface area (TPSA) is 60.9 Å². The lowest BCUT2D eigenvalue weighted by molar-refractivity contribution is -0.128. The molecule has 0 saturated carbocycles. The van der Waals surface area contributed by atoms with Crippen LogP contribution < -0.4 is 0 Å². The third kappa shape index (κ3) is 3.07. The van der Waals surface area contributed by atoms with E-state index in [2.05, 4.69) is 0 Å². The lowest BCUT2D eigenvalue weighted by atomic mass is 10.1. The van der Waals surface area contributed by atoms with Crippen molar-refractivity contribution in [3.63, 3.8) is 0 Å². The Morgan fingerprint density at radius 3 is 2.45 bits per heavy atom. The number of carbonyl (C=O) groups is 2. The van der Waals surface area contributed by atoms with Crippen molar-refractivity contribution in [1.82, 2.24) is 9.80 Å². The van der Waals surface area contributed by atoms with Gasteiger partial charge in [-0.2, -0.15) is 0 Å². The summed E-state index contributed by atoms with van der Waals surface area (Å²) in [5.41, 5.74) is -0.0564. The van der Waals surface area contributed by atoms with Crippen molar-refractivity contribution in [2.45, 2.75) is 13.3 Å². The highest BCUT2D eigenvalue weighted by molar-refractivity contribution is 5.94. The van der Waals surface area contributed by atoms with Gasteiger partial charge in [-0.25, -0.2) is 4.39 Å². The molecule has 5 nitrogen and oxygen atoms in total. The van der Waals surface area contributed by atoms with Gasteiger partial charge in [-0.15, -0.1) is 0 Å². The van der Waals surface area contributed by atoms with Crippen molar-refractivity contribution < 1.29 is 19.1 Å². The number of aromatic hydroxyl groups is 1. The van der Waals surface area contributed by atoms with Crippen molar-refractivity contribution in [2.75, 3.05) is 26.2 Å². The van der Waals surface area contributed by atoms with Gasteiger partial charge < -0.3 is 14.9 Å². The van der Waals surface area contributed by atoms with Gasteiger partial charge in [-0.05, 0) is 18.6 Å². The van der Waals surface area contributed by atoms with Gasteiger partial charge >= 0.3 is 0 Å². The number of rotatable bonds is 1. The fraction of sp³-hybridized carbons (Fsp3) is 0.429.